The van der Waals surface area contributed by atoms with Crippen molar-refractivity contribution in [1.82, 2.24) is 15.2 Å². The van der Waals surface area contributed by atoms with E-state index in [1.807, 2.05) is 0 Å². The monoisotopic (exact) mass is 403 g/mol. The highest BCUT2D eigenvalue weighted by Gasteiger charge is 2.21. The lowest BCUT2D eigenvalue weighted by atomic mass is 9.93. The van der Waals surface area contributed by atoms with E-state index in [1.165, 1.54) is 29.6 Å². The lowest BCUT2D eigenvalue weighted by Gasteiger charge is -2.32. The first-order valence-electron chi connectivity index (χ1n) is 10.2. The predicted molar refractivity (Wildman–Crippen MR) is 112 cm³/mol. The number of benzene rings is 1. The lowest BCUT2D eigenvalue weighted by Crippen LogP contribution is -2.35. The lowest BCUT2D eigenvalue weighted by molar-refractivity contribution is -0.121. The highest BCUT2D eigenvalue weighted by molar-refractivity contribution is 7.09. The molecule has 1 aromatic carbocycles. The number of likely N-dealkylation sites (tertiary alicyclic amines) is 1. The zero-order valence-electron chi connectivity index (χ0n) is 16.8. The summed E-state index contributed by atoms with van der Waals surface area (Å²) in [5.74, 6) is 0.745. The van der Waals surface area contributed by atoms with Crippen molar-refractivity contribution in [3.63, 3.8) is 0 Å². The fourth-order valence-corrected chi connectivity index (χ4v) is 4.64. The molecule has 0 unspecified atom stereocenters. The molecule has 1 amide bonds. The molecule has 1 aliphatic rings. The zero-order valence-corrected chi connectivity index (χ0v) is 17.6. The summed E-state index contributed by atoms with van der Waals surface area (Å²) in [6.45, 7) is 7.64. The van der Waals surface area contributed by atoms with E-state index in [0.29, 0.717) is 23.8 Å². The van der Waals surface area contributed by atoms with Crippen molar-refractivity contribution in [1.29, 1.82) is 0 Å². The highest BCUT2D eigenvalue weighted by Crippen LogP contribution is 2.24. The summed E-state index contributed by atoms with van der Waals surface area (Å²) in [4.78, 5) is 19.4. The molecule has 1 atom stereocenters. The molecule has 2 aromatic rings. The van der Waals surface area contributed by atoms with Gasteiger partial charge in [-0.1, -0.05) is 32.0 Å². The van der Waals surface area contributed by atoms with Gasteiger partial charge >= 0.3 is 0 Å². The van der Waals surface area contributed by atoms with Gasteiger partial charge in [0.15, 0.2) is 0 Å². The van der Waals surface area contributed by atoms with Crippen LogP contribution in [-0.2, 0) is 17.9 Å². The second-order valence-electron chi connectivity index (χ2n) is 7.97. The summed E-state index contributed by atoms with van der Waals surface area (Å²) in [6, 6.07) is 6.57. The molecule has 0 bridgehead atoms. The topological polar surface area (TPSA) is 45.2 Å². The zero-order chi connectivity index (χ0) is 19.9. The van der Waals surface area contributed by atoms with Crippen LogP contribution in [0.25, 0.3) is 0 Å². The third-order valence-corrected chi connectivity index (χ3v) is 6.19. The van der Waals surface area contributed by atoms with Crippen LogP contribution >= 0.6 is 11.3 Å². The Hall–Kier alpha value is -1.79. The molecule has 0 radical (unpaired) electrons. The van der Waals surface area contributed by atoms with Crippen LogP contribution < -0.4 is 5.32 Å². The van der Waals surface area contributed by atoms with Crippen LogP contribution in [0.3, 0.4) is 0 Å². The summed E-state index contributed by atoms with van der Waals surface area (Å²) >= 11 is 1.75. The molecule has 1 N–H and O–H groups in total. The summed E-state index contributed by atoms with van der Waals surface area (Å²) < 4.78 is 13.6. The maximum absolute atomic E-state index is 13.6. The molecule has 3 rings (SSSR count). The van der Waals surface area contributed by atoms with Gasteiger partial charge in [-0.3, -0.25) is 9.69 Å². The van der Waals surface area contributed by atoms with Crippen LogP contribution in [-0.4, -0.2) is 28.9 Å². The van der Waals surface area contributed by atoms with Crippen LogP contribution in [0.2, 0.25) is 0 Å². The van der Waals surface area contributed by atoms with Crippen molar-refractivity contribution in [2.45, 2.75) is 58.5 Å². The van der Waals surface area contributed by atoms with Crippen molar-refractivity contribution in [3.8, 4) is 0 Å². The number of nitrogens with zero attached hydrogens (tertiary/aromatic N) is 2. The number of carbonyl (C=O) groups excluding carboxylic acids is 1. The van der Waals surface area contributed by atoms with Crippen molar-refractivity contribution < 1.29 is 9.18 Å². The molecule has 1 aromatic heterocycles. The standard InChI is InChI=1S/C22H30FN3OS/c1-16(2)20-15-28-22(25-20)14-26-11-5-6-17(13-26)9-10-21(27)24-12-18-7-3-4-8-19(18)23/h3-4,7-8,15-17H,5-6,9-14H2,1-2H3,(H,24,27)/t17-/m0/s1. The number of halogens is 1. The average molecular weight is 404 g/mol. The van der Waals surface area contributed by atoms with E-state index >= 15 is 0 Å². The summed E-state index contributed by atoms with van der Waals surface area (Å²) in [7, 11) is 0. The van der Waals surface area contributed by atoms with Crippen molar-refractivity contribution in [2.75, 3.05) is 13.1 Å². The molecule has 4 nitrogen and oxygen atoms in total. The number of hydrogen-bond donors (Lipinski definition) is 1. The van der Waals surface area contributed by atoms with Crippen LogP contribution in [0, 0.1) is 11.7 Å². The maximum Gasteiger partial charge on any atom is 0.220 e. The van der Waals surface area contributed by atoms with Crippen LogP contribution in [0.4, 0.5) is 4.39 Å². The van der Waals surface area contributed by atoms with Gasteiger partial charge in [-0.2, -0.15) is 0 Å². The number of piperidine rings is 1. The van der Waals surface area contributed by atoms with E-state index in [9.17, 15) is 9.18 Å². The Kier molecular flexibility index (Phi) is 7.57. The van der Waals surface area contributed by atoms with Crippen LogP contribution in [0.15, 0.2) is 29.6 Å². The minimum Gasteiger partial charge on any atom is -0.352 e. The van der Waals surface area contributed by atoms with Gasteiger partial charge in [0.25, 0.3) is 0 Å². The average Bonchev–Trinajstić information content (AvgIpc) is 3.15. The molecule has 0 aliphatic carbocycles. The second-order valence-corrected chi connectivity index (χ2v) is 8.91. The summed E-state index contributed by atoms with van der Waals surface area (Å²) in [5, 5.41) is 6.20. The number of nitrogens with one attached hydrogen (secondary N) is 1. The normalized spacial score (nSPS) is 17.8. The van der Waals surface area contributed by atoms with Gasteiger partial charge in [-0.15, -0.1) is 11.3 Å². The molecule has 28 heavy (non-hydrogen) atoms. The van der Waals surface area contributed by atoms with Gasteiger partial charge < -0.3 is 5.32 Å². The molecule has 1 aliphatic heterocycles. The predicted octanol–water partition coefficient (Wildman–Crippen LogP) is 4.71. The number of thiazole rings is 1. The third kappa shape index (κ3) is 6.11. The Morgan fingerprint density at radius 2 is 2.21 bits per heavy atom. The Morgan fingerprint density at radius 3 is 2.96 bits per heavy atom. The second kappa shape index (κ2) is 10.1. The van der Waals surface area contributed by atoms with Gasteiger partial charge in [0, 0.05) is 30.5 Å². The Bertz CT molecular complexity index is 777. The third-order valence-electron chi connectivity index (χ3n) is 5.34. The van der Waals surface area contributed by atoms with E-state index in [-0.39, 0.29) is 18.3 Å². The van der Waals surface area contributed by atoms with Crippen LogP contribution in [0.1, 0.15) is 61.7 Å². The number of hydrogen-bond acceptors (Lipinski definition) is 4. The molecular weight excluding hydrogens is 373 g/mol. The Labute approximate surface area is 171 Å². The number of aromatic nitrogens is 1. The van der Waals surface area contributed by atoms with E-state index in [2.05, 4.69) is 29.4 Å². The number of amides is 1. The van der Waals surface area contributed by atoms with Gasteiger partial charge in [0.05, 0.1) is 12.2 Å². The maximum atomic E-state index is 13.6. The SMILES string of the molecule is CC(C)c1csc(CN2CCC[C@@H](CCC(=O)NCc3ccccc3F)C2)n1. The summed E-state index contributed by atoms with van der Waals surface area (Å²) in [5.41, 5.74) is 1.71. The number of carbonyl (C=O) groups is 1. The fourth-order valence-electron chi connectivity index (χ4n) is 3.64. The van der Waals surface area contributed by atoms with Gasteiger partial charge in [0.2, 0.25) is 5.91 Å². The van der Waals surface area contributed by atoms with E-state index in [1.54, 1.807) is 29.5 Å². The highest BCUT2D eigenvalue weighted by atomic mass is 32.1. The van der Waals surface area contributed by atoms with Gasteiger partial charge in [0.1, 0.15) is 10.8 Å². The molecular formula is C22H30FN3OS. The Balaban J connectivity index is 1.40. The van der Waals surface area contributed by atoms with Crippen LogP contribution in [0.5, 0.6) is 0 Å². The quantitative estimate of drug-likeness (QED) is 0.694. The van der Waals surface area contributed by atoms with E-state index < -0.39 is 0 Å². The van der Waals surface area contributed by atoms with Gasteiger partial charge in [-0.05, 0) is 43.7 Å². The first kappa shape index (κ1) is 20.9. The van der Waals surface area contributed by atoms with E-state index in [4.69, 9.17) is 4.98 Å². The molecule has 0 spiro atoms. The fraction of sp³-hybridized carbons (Fsp3) is 0.545. The first-order valence-corrected chi connectivity index (χ1v) is 11.1. The minimum absolute atomic E-state index is 0.00174. The molecule has 152 valence electrons. The minimum atomic E-state index is -0.270. The molecule has 2 heterocycles. The first-order chi connectivity index (χ1) is 13.5. The molecule has 6 heteroatoms. The largest absolute Gasteiger partial charge is 0.352 e. The molecule has 0 saturated carbocycles. The summed E-state index contributed by atoms with van der Waals surface area (Å²) in [6.07, 6.45) is 3.73. The molecule has 1 fully saturated rings. The van der Waals surface area contributed by atoms with Crippen molar-refractivity contribution >= 4 is 17.2 Å². The molecule has 1 saturated heterocycles. The van der Waals surface area contributed by atoms with Crippen molar-refractivity contribution in [2.24, 2.45) is 5.92 Å². The van der Waals surface area contributed by atoms with E-state index in [0.717, 1.165) is 26.1 Å². The van der Waals surface area contributed by atoms with Gasteiger partial charge in [-0.25, -0.2) is 9.37 Å². The number of rotatable bonds is 8. The Morgan fingerprint density at radius 1 is 1.39 bits per heavy atom. The van der Waals surface area contributed by atoms with Crippen molar-refractivity contribution in [3.05, 3.63) is 51.7 Å². The smallest absolute Gasteiger partial charge is 0.220 e.